The summed E-state index contributed by atoms with van der Waals surface area (Å²) in [5, 5.41) is 1.79. The summed E-state index contributed by atoms with van der Waals surface area (Å²) >= 11 is 0. The third kappa shape index (κ3) is 3.77. The number of methoxy groups -OCH3 is 3. The zero-order chi connectivity index (χ0) is 22.1. The molecular formula is C25H24O6. The Labute approximate surface area is 179 Å². The Bertz CT molecular complexity index is 1310. The summed E-state index contributed by atoms with van der Waals surface area (Å²) < 4.78 is 27.8. The van der Waals surface area contributed by atoms with Gasteiger partial charge in [0, 0.05) is 34.4 Å². The highest BCUT2D eigenvalue weighted by Gasteiger charge is 2.17. The lowest BCUT2D eigenvalue weighted by atomic mass is 10.0. The van der Waals surface area contributed by atoms with E-state index in [1.165, 1.54) is 6.07 Å². The van der Waals surface area contributed by atoms with E-state index in [0.29, 0.717) is 28.4 Å². The van der Waals surface area contributed by atoms with Crippen LogP contribution in [0.25, 0.3) is 34.1 Å². The maximum absolute atomic E-state index is 11.6. The molecular weight excluding hydrogens is 396 g/mol. The molecule has 0 aliphatic rings. The van der Waals surface area contributed by atoms with Gasteiger partial charge in [0.15, 0.2) is 11.5 Å². The predicted molar refractivity (Wildman–Crippen MR) is 121 cm³/mol. The van der Waals surface area contributed by atoms with Crippen molar-refractivity contribution in [3.05, 3.63) is 63.7 Å². The number of furan rings is 1. The fourth-order valence-electron chi connectivity index (χ4n) is 3.68. The van der Waals surface area contributed by atoms with E-state index in [1.54, 1.807) is 33.5 Å². The largest absolute Gasteiger partial charge is 0.493 e. The van der Waals surface area contributed by atoms with Crippen molar-refractivity contribution < 1.29 is 23.0 Å². The van der Waals surface area contributed by atoms with E-state index in [2.05, 4.69) is 13.8 Å². The van der Waals surface area contributed by atoms with Gasteiger partial charge in [-0.05, 0) is 29.8 Å². The smallest absolute Gasteiger partial charge is 0.336 e. The van der Waals surface area contributed by atoms with Crippen molar-refractivity contribution in [1.29, 1.82) is 0 Å². The molecule has 0 amide bonds. The Hall–Kier alpha value is -3.67. The second-order valence-corrected chi connectivity index (χ2v) is 7.47. The van der Waals surface area contributed by atoms with Crippen LogP contribution in [0.3, 0.4) is 0 Å². The third-order valence-electron chi connectivity index (χ3n) is 5.15. The second-order valence-electron chi connectivity index (χ2n) is 7.47. The average Bonchev–Trinajstić information content (AvgIpc) is 3.12. The minimum atomic E-state index is -0.384. The van der Waals surface area contributed by atoms with Crippen molar-refractivity contribution in [3.8, 4) is 17.2 Å². The highest BCUT2D eigenvalue weighted by Crippen LogP contribution is 2.39. The molecule has 0 aliphatic carbocycles. The first-order chi connectivity index (χ1) is 14.9. The molecule has 0 atom stereocenters. The van der Waals surface area contributed by atoms with Gasteiger partial charge in [0.05, 0.1) is 21.3 Å². The molecule has 31 heavy (non-hydrogen) atoms. The minimum Gasteiger partial charge on any atom is -0.493 e. The van der Waals surface area contributed by atoms with Crippen molar-refractivity contribution >= 4 is 34.1 Å². The number of rotatable bonds is 6. The van der Waals surface area contributed by atoms with Gasteiger partial charge in [-0.15, -0.1) is 0 Å². The predicted octanol–water partition coefficient (Wildman–Crippen LogP) is 5.86. The highest BCUT2D eigenvalue weighted by molar-refractivity contribution is 5.99. The van der Waals surface area contributed by atoms with E-state index in [4.69, 9.17) is 23.0 Å². The molecule has 0 saturated carbocycles. The summed E-state index contributed by atoms with van der Waals surface area (Å²) in [7, 11) is 4.76. The Morgan fingerprint density at radius 2 is 1.55 bits per heavy atom. The molecule has 6 heteroatoms. The lowest BCUT2D eigenvalue weighted by Gasteiger charge is -2.12. The Morgan fingerprint density at radius 3 is 2.16 bits per heavy atom. The van der Waals surface area contributed by atoms with E-state index in [0.717, 1.165) is 27.7 Å². The van der Waals surface area contributed by atoms with Gasteiger partial charge in [0.1, 0.15) is 16.9 Å². The number of hydrogen-bond donors (Lipinski definition) is 0. The summed E-state index contributed by atoms with van der Waals surface area (Å²) in [6.07, 6.45) is 4.00. The lowest BCUT2D eigenvalue weighted by molar-refractivity contribution is 0.324. The number of benzene rings is 2. The molecule has 0 unspecified atom stereocenters. The van der Waals surface area contributed by atoms with Crippen LogP contribution in [0.2, 0.25) is 0 Å². The SMILES string of the molecule is COc1cc(/C=C\c2c(C(C)C)oc3cc4oc(=O)ccc4cc23)cc(OC)c1OC. The topological polar surface area (TPSA) is 71.0 Å². The fourth-order valence-corrected chi connectivity index (χ4v) is 3.68. The van der Waals surface area contributed by atoms with E-state index in [9.17, 15) is 4.79 Å². The van der Waals surface area contributed by atoms with Crippen LogP contribution in [0.5, 0.6) is 17.2 Å². The molecule has 2 aromatic heterocycles. The minimum absolute atomic E-state index is 0.169. The second kappa shape index (κ2) is 8.22. The summed E-state index contributed by atoms with van der Waals surface area (Å²) in [4.78, 5) is 11.6. The van der Waals surface area contributed by atoms with Crippen molar-refractivity contribution in [1.82, 2.24) is 0 Å². The van der Waals surface area contributed by atoms with Crippen LogP contribution in [0.15, 0.2) is 50.0 Å². The van der Waals surface area contributed by atoms with Crippen LogP contribution in [0.1, 0.15) is 36.7 Å². The number of hydrogen-bond acceptors (Lipinski definition) is 6. The molecule has 4 aromatic rings. The van der Waals surface area contributed by atoms with Gasteiger partial charge >= 0.3 is 5.63 Å². The van der Waals surface area contributed by atoms with Crippen LogP contribution in [-0.4, -0.2) is 21.3 Å². The molecule has 0 bridgehead atoms. The van der Waals surface area contributed by atoms with Gasteiger partial charge in [0.25, 0.3) is 0 Å². The van der Waals surface area contributed by atoms with Gasteiger partial charge in [-0.1, -0.05) is 26.0 Å². The lowest BCUT2D eigenvalue weighted by Crippen LogP contribution is -1.95. The van der Waals surface area contributed by atoms with Crippen molar-refractivity contribution in [2.75, 3.05) is 21.3 Å². The van der Waals surface area contributed by atoms with Crippen molar-refractivity contribution in [2.24, 2.45) is 0 Å². The normalized spacial score (nSPS) is 11.7. The summed E-state index contributed by atoms with van der Waals surface area (Å²) in [6, 6.07) is 10.7. The fraction of sp³-hybridized carbons (Fsp3) is 0.240. The first-order valence-corrected chi connectivity index (χ1v) is 9.93. The molecule has 2 aromatic carbocycles. The monoisotopic (exact) mass is 420 g/mol. The van der Waals surface area contributed by atoms with E-state index < -0.39 is 0 Å². The maximum atomic E-state index is 11.6. The summed E-state index contributed by atoms with van der Waals surface area (Å²) in [5.41, 5.74) is 2.67. The van der Waals surface area contributed by atoms with Crippen LogP contribution in [-0.2, 0) is 0 Å². The van der Waals surface area contributed by atoms with Gasteiger partial charge in [-0.25, -0.2) is 4.79 Å². The number of fused-ring (bicyclic) bond motifs is 2. The average molecular weight is 420 g/mol. The summed E-state index contributed by atoms with van der Waals surface area (Å²) in [5.74, 6) is 2.75. The van der Waals surface area contributed by atoms with Crippen LogP contribution >= 0.6 is 0 Å². The molecule has 0 N–H and O–H groups in total. The molecule has 2 heterocycles. The molecule has 6 nitrogen and oxygen atoms in total. The van der Waals surface area contributed by atoms with Gasteiger partial charge < -0.3 is 23.0 Å². The summed E-state index contributed by atoms with van der Waals surface area (Å²) in [6.45, 7) is 4.16. The Morgan fingerprint density at radius 1 is 0.839 bits per heavy atom. The Balaban J connectivity index is 1.87. The molecule has 0 saturated heterocycles. The zero-order valence-corrected chi connectivity index (χ0v) is 18.1. The van der Waals surface area contributed by atoms with Gasteiger partial charge in [0.2, 0.25) is 5.75 Å². The van der Waals surface area contributed by atoms with Gasteiger partial charge in [-0.2, -0.15) is 0 Å². The standard InChI is InChI=1S/C25H24O6/c1-14(2)24-17(8-6-15-10-21(27-3)25(29-5)22(11-15)28-4)18-12-16-7-9-23(26)30-19(16)13-20(18)31-24/h6-14H,1-5H3/b8-6-. The quantitative estimate of drug-likeness (QED) is 0.364. The van der Waals surface area contributed by atoms with Crippen molar-refractivity contribution in [3.63, 3.8) is 0 Å². The number of ether oxygens (including phenoxy) is 3. The third-order valence-corrected chi connectivity index (χ3v) is 5.15. The molecule has 4 rings (SSSR count). The molecule has 0 aliphatic heterocycles. The first-order valence-electron chi connectivity index (χ1n) is 9.93. The molecule has 0 fully saturated rings. The first kappa shape index (κ1) is 20.6. The van der Waals surface area contributed by atoms with Crippen molar-refractivity contribution in [2.45, 2.75) is 19.8 Å². The molecule has 0 radical (unpaired) electrons. The van der Waals surface area contributed by atoms with Gasteiger partial charge in [-0.3, -0.25) is 0 Å². The van der Waals surface area contributed by atoms with Crippen LogP contribution in [0, 0.1) is 0 Å². The van der Waals surface area contributed by atoms with Crippen LogP contribution in [0.4, 0.5) is 0 Å². The molecule has 160 valence electrons. The van der Waals surface area contributed by atoms with E-state index >= 15 is 0 Å². The highest BCUT2D eigenvalue weighted by atomic mass is 16.5. The Kier molecular flexibility index (Phi) is 5.46. The maximum Gasteiger partial charge on any atom is 0.336 e. The molecule has 0 spiro atoms. The van der Waals surface area contributed by atoms with E-state index in [-0.39, 0.29) is 11.5 Å². The van der Waals surface area contributed by atoms with E-state index in [1.807, 2.05) is 30.4 Å². The zero-order valence-electron chi connectivity index (χ0n) is 18.1. The van der Waals surface area contributed by atoms with Crippen LogP contribution < -0.4 is 19.8 Å².